The number of hydrogen-bond donors (Lipinski definition) is 1. The SMILES string of the molecule is C1=CC(c2ccc(-c3cccc(-c4ccccc4)c3)cc2)N=C(n2c3ccccc3c3cc(-c4cccc5c4sc4ccccc45)ccc32)N1. The zero-order chi connectivity index (χ0) is 33.0. The number of hydrogen-bond acceptors (Lipinski definition) is 3. The van der Waals surface area contributed by atoms with Crippen LogP contribution in [0.15, 0.2) is 181 Å². The highest BCUT2D eigenvalue weighted by Crippen LogP contribution is 2.41. The maximum Gasteiger partial charge on any atom is 0.208 e. The Bertz CT molecular complexity index is 2780. The van der Waals surface area contributed by atoms with Crippen LogP contribution in [0.4, 0.5) is 0 Å². The number of nitrogens with one attached hydrogen (secondary N) is 1. The van der Waals surface area contributed by atoms with Crippen LogP contribution in [0, 0.1) is 0 Å². The number of benzene rings is 7. The standard InChI is InChI=1S/C46H31N3S/c1-2-10-30(11-3-1)33-12-8-13-34(28-33)31-20-22-32(23-21-31)41-26-27-47-46(48-41)49-42-18-6-4-14-37(42)40-29-35(24-25-43(40)49)36-16-9-17-39-38-15-5-7-19-44(38)50-45(36)39/h1-29,41H,(H,47,48). The van der Waals surface area contributed by atoms with Gasteiger partial charge in [-0.2, -0.15) is 0 Å². The summed E-state index contributed by atoms with van der Waals surface area (Å²) in [6, 6.07) is 59.0. The van der Waals surface area contributed by atoms with Gasteiger partial charge in [0, 0.05) is 37.1 Å². The molecule has 10 rings (SSSR count). The average molecular weight is 658 g/mol. The van der Waals surface area contributed by atoms with Gasteiger partial charge in [-0.1, -0.05) is 133 Å². The fourth-order valence-electron chi connectivity index (χ4n) is 7.46. The molecule has 0 spiro atoms. The molecule has 0 fully saturated rings. The third-order valence-corrected chi connectivity index (χ3v) is 11.1. The molecule has 3 nitrogen and oxygen atoms in total. The summed E-state index contributed by atoms with van der Waals surface area (Å²) in [7, 11) is 0. The van der Waals surface area contributed by atoms with Crippen molar-refractivity contribution < 1.29 is 0 Å². The van der Waals surface area contributed by atoms with E-state index in [-0.39, 0.29) is 6.04 Å². The number of aliphatic imine (C=N–C) groups is 1. The van der Waals surface area contributed by atoms with Gasteiger partial charge in [0.15, 0.2) is 0 Å². The lowest BCUT2D eigenvalue weighted by Gasteiger charge is -2.19. The molecule has 0 amide bonds. The van der Waals surface area contributed by atoms with Gasteiger partial charge >= 0.3 is 0 Å². The van der Waals surface area contributed by atoms with E-state index in [1.165, 1.54) is 64.3 Å². The molecule has 0 saturated heterocycles. The first-order valence-electron chi connectivity index (χ1n) is 17.0. The third-order valence-electron chi connectivity index (χ3n) is 9.91. The van der Waals surface area contributed by atoms with Gasteiger partial charge in [-0.25, -0.2) is 4.99 Å². The summed E-state index contributed by atoms with van der Waals surface area (Å²) < 4.78 is 4.93. The van der Waals surface area contributed by atoms with Gasteiger partial charge in [0.1, 0.15) is 0 Å². The molecular formula is C46H31N3S. The lowest BCUT2D eigenvalue weighted by Crippen LogP contribution is -2.29. The molecule has 2 aromatic heterocycles. The van der Waals surface area contributed by atoms with Crippen LogP contribution in [0.25, 0.3) is 75.4 Å². The largest absolute Gasteiger partial charge is 0.332 e. The lowest BCUT2D eigenvalue weighted by atomic mass is 9.97. The second kappa shape index (κ2) is 11.7. The van der Waals surface area contributed by atoms with Gasteiger partial charge in [-0.3, -0.25) is 4.57 Å². The summed E-state index contributed by atoms with van der Waals surface area (Å²) in [5.74, 6) is 0.822. The number of fused-ring (bicyclic) bond motifs is 6. The normalized spacial score (nSPS) is 14.4. The number of nitrogens with zero attached hydrogens (tertiary/aromatic N) is 2. The van der Waals surface area contributed by atoms with Crippen molar-refractivity contribution in [3.63, 3.8) is 0 Å². The minimum atomic E-state index is -0.1000. The van der Waals surface area contributed by atoms with Crippen molar-refractivity contribution in [1.82, 2.24) is 9.88 Å². The summed E-state index contributed by atoms with van der Waals surface area (Å²) >= 11 is 1.88. The van der Waals surface area contributed by atoms with Crippen molar-refractivity contribution in [2.45, 2.75) is 6.04 Å². The van der Waals surface area contributed by atoms with E-state index in [4.69, 9.17) is 4.99 Å². The van der Waals surface area contributed by atoms with Crippen molar-refractivity contribution in [3.8, 4) is 33.4 Å². The highest BCUT2D eigenvalue weighted by atomic mass is 32.1. The number of aromatic nitrogens is 1. The van der Waals surface area contributed by atoms with Gasteiger partial charge in [0.25, 0.3) is 0 Å². The first kappa shape index (κ1) is 28.8. The zero-order valence-corrected chi connectivity index (χ0v) is 27.9. The van der Waals surface area contributed by atoms with E-state index in [0.29, 0.717) is 0 Å². The molecule has 1 atom stereocenters. The van der Waals surface area contributed by atoms with Gasteiger partial charge < -0.3 is 5.32 Å². The second-order valence-electron chi connectivity index (χ2n) is 12.8. The summed E-state index contributed by atoms with van der Waals surface area (Å²) in [4.78, 5) is 5.28. The van der Waals surface area contributed by atoms with Crippen LogP contribution >= 0.6 is 11.3 Å². The van der Waals surface area contributed by atoms with Gasteiger partial charge in [0.2, 0.25) is 5.96 Å². The van der Waals surface area contributed by atoms with E-state index < -0.39 is 0 Å². The molecule has 1 aliphatic heterocycles. The minimum absolute atomic E-state index is 0.1000. The minimum Gasteiger partial charge on any atom is -0.332 e. The Morgan fingerprint density at radius 3 is 2.02 bits per heavy atom. The van der Waals surface area contributed by atoms with Crippen molar-refractivity contribution in [1.29, 1.82) is 0 Å². The Labute approximate surface area is 294 Å². The molecule has 7 aromatic carbocycles. The Kier molecular flexibility index (Phi) is 6.74. The van der Waals surface area contributed by atoms with Gasteiger partial charge in [0.05, 0.1) is 17.1 Å². The molecule has 0 saturated carbocycles. The van der Waals surface area contributed by atoms with Crippen LogP contribution in [0.1, 0.15) is 11.6 Å². The van der Waals surface area contributed by atoms with E-state index in [9.17, 15) is 0 Å². The highest BCUT2D eigenvalue weighted by molar-refractivity contribution is 7.26. The van der Waals surface area contributed by atoms with E-state index in [0.717, 1.165) is 22.6 Å². The lowest BCUT2D eigenvalue weighted by molar-refractivity contribution is 0.851. The molecule has 0 radical (unpaired) electrons. The van der Waals surface area contributed by atoms with Gasteiger partial charge in [-0.05, 0) is 75.4 Å². The number of para-hydroxylation sites is 1. The first-order valence-corrected chi connectivity index (χ1v) is 17.8. The van der Waals surface area contributed by atoms with Crippen LogP contribution in [0.5, 0.6) is 0 Å². The fourth-order valence-corrected chi connectivity index (χ4v) is 8.70. The Morgan fingerprint density at radius 2 is 1.16 bits per heavy atom. The van der Waals surface area contributed by atoms with E-state index in [1.54, 1.807) is 0 Å². The molecule has 0 aliphatic carbocycles. The zero-order valence-electron chi connectivity index (χ0n) is 27.1. The van der Waals surface area contributed by atoms with Crippen LogP contribution in [-0.2, 0) is 0 Å². The molecule has 236 valence electrons. The smallest absolute Gasteiger partial charge is 0.208 e. The maximum absolute atomic E-state index is 5.28. The Morgan fingerprint density at radius 1 is 0.500 bits per heavy atom. The topological polar surface area (TPSA) is 29.3 Å². The third kappa shape index (κ3) is 4.76. The summed E-state index contributed by atoms with van der Waals surface area (Å²) in [6.45, 7) is 0. The summed E-state index contributed by atoms with van der Waals surface area (Å²) in [5, 5.41) is 8.55. The van der Waals surface area contributed by atoms with Crippen LogP contribution in [0.3, 0.4) is 0 Å². The predicted octanol–water partition coefficient (Wildman–Crippen LogP) is 12.2. The molecule has 1 N–H and O–H groups in total. The van der Waals surface area contributed by atoms with Crippen LogP contribution in [0.2, 0.25) is 0 Å². The maximum atomic E-state index is 5.28. The first-order chi connectivity index (χ1) is 24.8. The number of rotatable bonds is 4. The number of thiophene rings is 1. The molecule has 3 heterocycles. The van der Waals surface area contributed by atoms with Crippen LogP contribution in [-0.4, -0.2) is 10.5 Å². The van der Waals surface area contributed by atoms with Crippen molar-refractivity contribution in [2.75, 3.05) is 0 Å². The van der Waals surface area contributed by atoms with Crippen molar-refractivity contribution >= 4 is 59.3 Å². The molecule has 4 heteroatoms. The van der Waals surface area contributed by atoms with Crippen molar-refractivity contribution in [2.24, 2.45) is 4.99 Å². The average Bonchev–Trinajstić information content (AvgIpc) is 3.74. The van der Waals surface area contributed by atoms with E-state index >= 15 is 0 Å². The monoisotopic (exact) mass is 657 g/mol. The second-order valence-corrected chi connectivity index (χ2v) is 13.9. The quantitative estimate of drug-likeness (QED) is 0.200. The fraction of sp³-hybridized carbons (Fsp3) is 0.0217. The summed E-state index contributed by atoms with van der Waals surface area (Å²) in [6.07, 6.45) is 4.16. The molecule has 9 aromatic rings. The molecule has 50 heavy (non-hydrogen) atoms. The van der Waals surface area contributed by atoms with Gasteiger partial charge in [-0.15, -0.1) is 11.3 Å². The molecular weight excluding hydrogens is 627 g/mol. The Balaban J connectivity index is 1.02. The van der Waals surface area contributed by atoms with E-state index in [2.05, 4.69) is 180 Å². The molecule has 0 bridgehead atoms. The predicted molar refractivity (Wildman–Crippen MR) is 213 cm³/mol. The molecule has 1 aliphatic rings. The molecule has 1 unspecified atom stereocenters. The van der Waals surface area contributed by atoms with E-state index in [1.807, 2.05) is 17.5 Å². The Hall–Kier alpha value is -6.23. The van der Waals surface area contributed by atoms with Crippen LogP contribution < -0.4 is 5.32 Å². The highest BCUT2D eigenvalue weighted by Gasteiger charge is 2.20. The summed E-state index contributed by atoms with van der Waals surface area (Å²) in [5.41, 5.74) is 10.8. The van der Waals surface area contributed by atoms with Crippen molar-refractivity contribution in [3.05, 3.63) is 182 Å².